The normalized spacial score (nSPS) is 12.3. The lowest BCUT2D eigenvalue weighted by molar-refractivity contribution is 0.167. The predicted octanol–water partition coefficient (Wildman–Crippen LogP) is 5.45. The van der Waals surface area contributed by atoms with Crippen LogP contribution >= 0.6 is 15.9 Å². The van der Waals surface area contributed by atoms with Crippen LogP contribution in [0.2, 0.25) is 0 Å². The molecule has 1 aromatic heterocycles. The largest absolute Gasteiger partial charge is 0.497 e. The summed E-state index contributed by atoms with van der Waals surface area (Å²) in [6, 6.07) is 9.95. The molecule has 8 nitrogen and oxygen atoms in total. The summed E-state index contributed by atoms with van der Waals surface area (Å²) in [7, 11) is 3.10. The van der Waals surface area contributed by atoms with Gasteiger partial charge in [0, 0.05) is 24.2 Å². The highest BCUT2D eigenvalue weighted by molar-refractivity contribution is 9.10. The molecule has 0 aliphatic rings. The van der Waals surface area contributed by atoms with E-state index in [-0.39, 0.29) is 11.6 Å². The Morgan fingerprint density at radius 3 is 2.49 bits per heavy atom. The van der Waals surface area contributed by atoms with Crippen LogP contribution in [0.15, 0.2) is 45.7 Å². The number of rotatable bonds is 7. The molecule has 1 atom stereocenters. The molecular formula is C26H33BrN4O4. The molecule has 0 fully saturated rings. The maximum Gasteiger partial charge on any atom is 0.318 e. The van der Waals surface area contributed by atoms with Gasteiger partial charge in [0.25, 0.3) is 5.56 Å². The van der Waals surface area contributed by atoms with Gasteiger partial charge < -0.3 is 19.7 Å². The minimum absolute atomic E-state index is 0.219. The summed E-state index contributed by atoms with van der Waals surface area (Å²) >= 11 is 3.60. The predicted molar refractivity (Wildman–Crippen MR) is 142 cm³/mol. The van der Waals surface area contributed by atoms with Crippen molar-refractivity contribution in [3.05, 3.63) is 57.0 Å². The van der Waals surface area contributed by atoms with Gasteiger partial charge in [0.1, 0.15) is 17.3 Å². The van der Waals surface area contributed by atoms with Gasteiger partial charge in [-0.25, -0.2) is 9.78 Å². The van der Waals surface area contributed by atoms with Crippen molar-refractivity contribution in [2.45, 2.75) is 52.6 Å². The number of carbonyl (C=O) groups is 1. The number of hydrogen-bond acceptors (Lipinski definition) is 5. The number of para-hydroxylation sites is 1. The molecule has 0 saturated heterocycles. The quantitative estimate of drug-likeness (QED) is 0.427. The van der Waals surface area contributed by atoms with Gasteiger partial charge in [-0.15, -0.1) is 0 Å². The van der Waals surface area contributed by atoms with Gasteiger partial charge in [0.15, 0.2) is 0 Å². The van der Waals surface area contributed by atoms with Crippen LogP contribution in [0.25, 0.3) is 16.6 Å². The number of nitrogens with one attached hydrogen (secondary N) is 1. The van der Waals surface area contributed by atoms with Gasteiger partial charge in [0.2, 0.25) is 0 Å². The number of hydrogen-bond donors (Lipinski definition) is 1. The number of halogens is 1. The Hall–Kier alpha value is -3.07. The number of urea groups is 1. The van der Waals surface area contributed by atoms with E-state index in [0.29, 0.717) is 44.9 Å². The SMILES string of the molecule is CCCN(C(=O)NC(C)(C)C)C(C)c1nc2ccccc2c(=O)n1-c1cc(OC)cc(OC)c1Br. The highest BCUT2D eigenvalue weighted by Gasteiger charge is 2.29. The first kappa shape index (κ1) is 26.5. The average molecular weight is 545 g/mol. The average Bonchev–Trinajstić information content (AvgIpc) is 2.81. The lowest BCUT2D eigenvalue weighted by atomic mass is 10.1. The Morgan fingerprint density at radius 1 is 1.20 bits per heavy atom. The molecule has 0 spiro atoms. The first-order valence-electron chi connectivity index (χ1n) is 11.5. The first-order chi connectivity index (χ1) is 16.5. The van der Waals surface area contributed by atoms with Crippen LogP contribution in [-0.4, -0.2) is 46.8 Å². The van der Waals surface area contributed by atoms with Gasteiger partial charge in [-0.05, 0) is 62.2 Å². The van der Waals surface area contributed by atoms with E-state index in [2.05, 4.69) is 21.2 Å². The fourth-order valence-electron chi connectivity index (χ4n) is 3.89. The van der Waals surface area contributed by atoms with E-state index >= 15 is 0 Å². The minimum atomic E-state index is -0.515. The summed E-state index contributed by atoms with van der Waals surface area (Å²) in [5.41, 5.74) is 0.414. The van der Waals surface area contributed by atoms with Gasteiger partial charge >= 0.3 is 6.03 Å². The number of benzene rings is 2. The molecule has 9 heteroatoms. The summed E-state index contributed by atoms with van der Waals surface area (Å²) in [4.78, 5) is 33.8. The molecule has 3 aromatic rings. The van der Waals surface area contributed by atoms with Crippen LogP contribution in [0.5, 0.6) is 11.5 Å². The van der Waals surface area contributed by atoms with Crippen molar-refractivity contribution in [2.75, 3.05) is 20.8 Å². The highest BCUT2D eigenvalue weighted by Crippen LogP contribution is 2.37. The molecule has 188 valence electrons. The Labute approximate surface area is 214 Å². The van der Waals surface area contributed by atoms with E-state index < -0.39 is 11.6 Å². The topological polar surface area (TPSA) is 85.7 Å². The van der Waals surface area contributed by atoms with Gasteiger partial charge in [-0.1, -0.05) is 19.1 Å². The number of nitrogens with zero attached hydrogens (tertiary/aromatic N) is 3. The summed E-state index contributed by atoms with van der Waals surface area (Å²) in [5.74, 6) is 1.46. The molecule has 1 heterocycles. The monoisotopic (exact) mass is 544 g/mol. The second-order valence-corrected chi connectivity index (χ2v) is 10.1. The zero-order valence-corrected chi connectivity index (χ0v) is 22.9. The summed E-state index contributed by atoms with van der Waals surface area (Å²) in [5, 5.41) is 3.51. The van der Waals surface area contributed by atoms with Crippen molar-refractivity contribution in [2.24, 2.45) is 0 Å². The second kappa shape index (κ2) is 10.7. The van der Waals surface area contributed by atoms with Crippen molar-refractivity contribution in [1.82, 2.24) is 19.8 Å². The molecule has 35 heavy (non-hydrogen) atoms. The Bertz CT molecular complexity index is 1280. The molecular weight excluding hydrogens is 512 g/mol. The lowest BCUT2D eigenvalue weighted by Gasteiger charge is -2.33. The van der Waals surface area contributed by atoms with Crippen LogP contribution in [-0.2, 0) is 0 Å². The van der Waals surface area contributed by atoms with E-state index in [9.17, 15) is 9.59 Å². The Kier molecular flexibility index (Phi) is 8.10. The minimum Gasteiger partial charge on any atom is -0.497 e. The number of carbonyl (C=O) groups excluding carboxylic acids is 1. The van der Waals surface area contributed by atoms with Gasteiger partial charge in [-0.3, -0.25) is 9.36 Å². The van der Waals surface area contributed by atoms with Crippen molar-refractivity contribution >= 4 is 32.9 Å². The molecule has 1 unspecified atom stereocenters. The van der Waals surface area contributed by atoms with Crippen LogP contribution in [0, 0.1) is 0 Å². The highest BCUT2D eigenvalue weighted by atomic mass is 79.9. The van der Waals surface area contributed by atoms with Crippen LogP contribution in [0.4, 0.5) is 4.79 Å². The summed E-state index contributed by atoms with van der Waals surface area (Å²) < 4.78 is 13.1. The molecule has 0 radical (unpaired) electrons. The smallest absolute Gasteiger partial charge is 0.318 e. The van der Waals surface area contributed by atoms with Crippen molar-refractivity contribution in [3.63, 3.8) is 0 Å². The second-order valence-electron chi connectivity index (χ2n) is 9.34. The third-order valence-corrected chi connectivity index (χ3v) is 6.34. The van der Waals surface area contributed by atoms with Crippen molar-refractivity contribution in [3.8, 4) is 17.2 Å². The van der Waals surface area contributed by atoms with Crippen LogP contribution in [0.1, 0.15) is 52.9 Å². The maximum absolute atomic E-state index is 13.9. The number of amides is 2. The molecule has 3 rings (SSSR count). The summed E-state index contributed by atoms with van der Waals surface area (Å²) in [6.07, 6.45) is 0.746. The number of aromatic nitrogens is 2. The molecule has 0 aliphatic carbocycles. The van der Waals surface area contributed by atoms with E-state index in [1.807, 2.05) is 40.7 Å². The number of fused-ring (bicyclic) bond motifs is 1. The van der Waals surface area contributed by atoms with Gasteiger partial charge in [-0.2, -0.15) is 0 Å². The van der Waals surface area contributed by atoms with Crippen molar-refractivity contribution < 1.29 is 14.3 Å². The first-order valence-corrected chi connectivity index (χ1v) is 12.3. The van der Waals surface area contributed by atoms with Crippen LogP contribution in [0.3, 0.4) is 0 Å². The Balaban J connectivity index is 2.33. The van der Waals surface area contributed by atoms with Gasteiger partial charge in [0.05, 0.1) is 41.3 Å². The van der Waals surface area contributed by atoms with E-state index in [4.69, 9.17) is 14.5 Å². The fraction of sp³-hybridized carbons (Fsp3) is 0.423. The van der Waals surface area contributed by atoms with E-state index in [1.165, 1.54) is 4.57 Å². The summed E-state index contributed by atoms with van der Waals surface area (Å²) in [6.45, 7) is 10.2. The zero-order valence-electron chi connectivity index (χ0n) is 21.3. The van der Waals surface area contributed by atoms with Crippen molar-refractivity contribution in [1.29, 1.82) is 0 Å². The molecule has 1 N–H and O–H groups in total. The van der Waals surface area contributed by atoms with E-state index in [0.717, 1.165) is 6.42 Å². The third-order valence-electron chi connectivity index (χ3n) is 5.54. The molecule has 0 aliphatic heterocycles. The molecule has 2 amide bonds. The standard InChI is InChI=1S/C26H33BrN4O4/c1-8-13-30(25(33)29-26(3,4)5)16(2)23-28-19-12-10-9-11-18(19)24(32)31(23)20-14-17(34-6)15-21(35-7)22(20)27/h9-12,14-16H,8,13H2,1-7H3,(H,29,33). The number of ether oxygens (including phenoxy) is 2. The number of methoxy groups -OCH3 is 2. The zero-order chi connectivity index (χ0) is 25.9. The Morgan fingerprint density at radius 2 is 1.89 bits per heavy atom. The van der Waals surface area contributed by atoms with E-state index in [1.54, 1.807) is 49.5 Å². The van der Waals surface area contributed by atoms with Crippen LogP contribution < -0.4 is 20.3 Å². The maximum atomic E-state index is 13.9. The molecule has 2 aromatic carbocycles. The molecule has 0 saturated carbocycles. The third kappa shape index (κ3) is 5.61. The molecule has 0 bridgehead atoms. The lowest BCUT2D eigenvalue weighted by Crippen LogP contribution is -2.50. The fourth-order valence-corrected chi connectivity index (χ4v) is 4.46.